The van der Waals surface area contributed by atoms with E-state index >= 15 is 0 Å². The lowest BCUT2D eigenvalue weighted by Gasteiger charge is -2.29. The summed E-state index contributed by atoms with van der Waals surface area (Å²) >= 11 is 0. The van der Waals surface area contributed by atoms with Crippen molar-refractivity contribution in [2.24, 2.45) is 10.4 Å². The standard InChI is InChI=1S/C23H26N2O4/c1-23(2,3)19(25-22(27)28-15-17-12-8-5-9-13-17)20-24-18(21(26)29-20)14-16-10-6-4-7-11-16/h4-13,18-19H,14-15H2,1-3H3,(H,25,27)/t18-,19-/m1/s1. The maximum atomic E-state index is 12.4. The van der Waals surface area contributed by atoms with Gasteiger partial charge in [0.1, 0.15) is 12.6 Å². The first-order valence-electron chi connectivity index (χ1n) is 9.63. The number of aliphatic imine (C=N–C) groups is 1. The van der Waals surface area contributed by atoms with E-state index in [1.54, 1.807) is 0 Å². The number of hydrogen-bond donors (Lipinski definition) is 1. The molecule has 0 aliphatic carbocycles. The van der Waals surface area contributed by atoms with Crippen LogP contribution in [-0.4, -0.2) is 30.0 Å². The molecular weight excluding hydrogens is 368 g/mol. The van der Waals surface area contributed by atoms with Gasteiger partial charge in [-0.05, 0) is 16.5 Å². The van der Waals surface area contributed by atoms with Crippen molar-refractivity contribution in [1.82, 2.24) is 5.32 Å². The SMILES string of the molecule is CC(C)(C)[C@H](NC(=O)OCc1ccccc1)C1=N[C@H](Cc2ccccc2)C(=O)O1. The van der Waals surface area contributed by atoms with Gasteiger partial charge in [-0.25, -0.2) is 14.6 Å². The number of ether oxygens (including phenoxy) is 2. The molecule has 2 aromatic rings. The van der Waals surface area contributed by atoms with Crippen LogP contribution in [0.3, 0.4) is 0 Å². The average molecular weight is 394 g/mol. The Morgan fingerprint density at radius 3 is 2.24 bits per heavy atom. The van der Waals surface area contributed by atoms with Gasteiger partial charge in [0.25, 0.3) is 0 Å². The van der Waals surface area contributed by atoms with Gasteiger partial charge < -0.3 is 14.8 Å². The summed E-state index contributed by atoms with van der Waals surface area (Å²) in [6.45, 7) is 5.98. The van der Waals surface area contributed by atoms with Gasteiger partial charge in [-0.2, -0.15) is 0 Å². The van der Waals surface area contributed by atoms with Crippen molar-refractivity contribution >= 4 is 18.0 Å². The van der Waals surface area contributed by atoms with Crippen LogP contribution < -0.4 is 5.32 Å². The first-order valence-corrected chi connectivity index (χ1v) is 9.63. The van der Waals surface area contributed by atoms with E-state index < -0.39 is 29.6 Å². The second-order valence-electron chi connectivity index (χ2n) is 8.10. The average Bonchev–Trinajstić information content (AvgIpc) is 3.05. The molecule has 0 spiro atoms. The Kier molecular flexibility index (Phi) is 6.32. The van der Waals surface area contributed by atoms with E-state index in [9.17, 15) is 9.59 Å². The number of alkyl carbamates (subject to hydrolysis) is 1. The van der Waals surface area contributed by atoms with Gasteiger partial charge in [-0.3, -0.25) is 0 Å². The lowest BCUT2D eigenvalue weighted by atomic mass is 9.86. The molecule has 3 rings (SSSR count). The van der Waals surface area contributed by atoms with Crippen molar-refractivity contribution < 1.29 is 19.1 Å². The number of rotatable bonds is 6. The van der Waals surface area contributed by atoms with Crippen LogP contribution >= 0.6 is 0 Å². The van der Waals surface area contributed by atoms with Crippen molar-refractivity contribution in [3.63, 3.8) is 0 Å². The van der Waals surface area contributed by atoms with Gasteiger partial charge in [-0.1, -0.05) is 81.4 Å². The van der Waals surface area contributed by atoms with Crippen LogP contribution in [0.2, 0.25) is 0 Å². The topological polar surface area (TPSA) is 77.0 Å². The van der Waals surface area contributed by atoms with Crippen LogP contribution in [-0.2, 0) is 27.3 Å². The van der Waals surface area contributed by atoms with Gasteiger partial charge in [0.2, 0.25) is 5.90 Å². The summed E-state index contributed by atoms with van der Waals surface area (Å²) in [6, 6.07) is 17.9. The summed E-state index contributed by atoms with van der Waals surface area (Å²) in [5.41, 5.74) is 1.47. The third kappa shape index (κ3) is 5.67. The molecular formula is C23H26N2O4. The molecule has 0 fully saturated rings. The number of cyclic esters (lactones) is 1. The molecule has 6 heteroatoms. The van der Waals surface area contributed by atoms with E-state index in [-0.39, 0.29) is 12.5 Å². The van der Waals surface area contributed by atoms with Gasteiger partial charge in [-0.15, -0.1) is 0 Å². The van der Waals surface area contributed by atoms with Gasteiger partial charge in [0, 0.05) is 6.42 Å². The number of carbonyl (C=O) groups is 2. The van der Waals surface area contributed by atoms with Crippen LogP contribution in [0.4, 0.5) is 4.79 Å². The Hall–Kier alpha value is -3.15. The van der Waals surface area contributed by atoms with Crippen LogP contribution in [0.15, 0.2) is 65.7 Å². The molecule has 0 aromatic heterocycles. The normalized spacial score (nSPS) is 17.3. The number of nitrogens with zero attached hydrogens (tertiary/aromatic N) is 1. The van der Waals surface area contributed by atoms with Crippen molar-refractivity contribution in [1.29, 1.82) is 0 Å². The van der Waals surface area contributed by atoms with E-state index in [2.05, 4.69) is 10.3 Å². The maximum absolute atomic E-state index is 12.4. The molecule has 1 aliphatic rings. The fourth-order valence-corrected chi connectivity index (χ4v) is 3.03. The second-order valence-corrected chi connectivity index (χ2v) is 8.10. The van der Waals surface area contributed by atoms with Crippen LogP contribution in [0.25, 0.3) is 0 Å². The molecule has 0 saturated carbocycles. The van der Waals surface area contributed by atoms with Crippen molar-refractivity contribution in [2.45, 2.75) is 45.9 Å². The molecule has 0 radical (unpaired) electrons. The Labute approximate surface area is 170 Å². The van der Waals surface area contributed by atoms with Gasteiger partial charge in [0.15, 0.2) is 6.04 Å². The quantitative estimate of drug-likeness (QED) is 0.754. The minimum atomic E-state index is -0.612. The van der Waals surface area contributed by atoms with Crippen molar-refractivity contribution in [2.75, 3.05) is 0 Å². The Morgan fingerprint density at radius 1 is 1.07 bits per heavy atom. The lowest BCUT2D eigenvalue weighted by Crippen LogP contribution is -2.49. The molecule has 6 nitrogen and oxygen atoms in total. The number of amides is 1. The zero-order valence-electron chi connectivity index (χ0n) is 16.9. The zero-order chi connectivity index (χ0) is 20.9. The molecule has 0 bridgehead atoms. The summed E-state index contributed by atoms with van der Waals surface area (Å²) in [7, 11) is 0. The van der Waals surface area contributed by atoms with Gasteiger partial charge >= 0.3 is 12.1 Å². The van der Waals surface area contributed by atoms with E-state index in [1.165, 1.54) is 0 Å². The molecule has 0 saturated heterocycles. The summed E-state index contributed by atoms with van der Waals surface area (Å²) in [4.78, 5) is 29.2. The third-order valence-corrected chi connectivity index (χ3v) is 4.62. The molecule has 152 valence electrons. The molecule has 29 heavy (non-hydrogen) atoms. The number of carbonyl (C=O) groups excluding carboxylic acids is 2. The second kappa shape index (κ2) is 8.90. The molecule has 1 aliphatic heterocycles. The van der Waals surface area contributed by atoms with Crippen molar-refractivity contribution in [3.05, 3.63) is 71.8 Å². The summed E-state index contributed by atoms with van der Waals surface area (Å²) in [6.07, 6.45) is -0.127. The highest BCUT2D eigenvalue weighted by molar-refractivity contribution is 6.01. The predicted octanol–water partition coefficient (Wildman–Crippen LogP) is 3.89. The summed E-state index contributed by atoms with van der Waals surface area (Å²) in [5.74, 6) is -0.183. The number of benzene rings is 2. The summed E-state index contributed by atoms with van der Waals surface area (Å²) < 4.78 is 10.8. The minimum Gasteiger partial charge on any atom is -0.445 e. The lowest BCUT2D eigenvalue weighted by molar-refractivity contribution is -0.135. The highest BCUT2D eigenvalue weighted by Gasteiger charge is 2.39. The van der Waals surface area contributed by atoms with E-state index in [0.717, 1.165) is 11.1 Å². The van der Waals surface area contributed by atoms with E-state index in [1.807, 2.05) is 81.4 Å². The number of hydrogen-bond acceptors (Lipinski definition) is 5. The van der Waals surface area contributed by atoms with Crippen LogP contribution in [0.5, 0.6) is 0 Å². The first kappa shape index (κ1) is 20.6. The molecule has 2 aromatic carbocycles. The minimum absolute atomic E-state index is 0.159. The first-order chi connectivity index (χ1) is 13.8. The highest BCUT2D eigenvalue weighted by Crippen LogP contribution is 2.25. The third-order valence-electron chi connectivity index (χ3n) is 4.62. The molecule has 1 amide bonds. The zero-order valence-corrected chi connectivity index (χ0v) is 16.9. The van der Waals surface area contributed by atoms with E-state index in [0.29, 0.717) is 6.42 Å². The monoisotopic (exact) mass is 394 g/mol. The Morgan fingerprint density at radius 2 is 1.66 bits per heavy atom. The maximum Gasteiger partial charge on any atom is 0.408 e. The number of nitrogens with one attached hydrogen (secondary N) is 1. The fraction of sp³-hybridized carbons (Fsp3) is 0.348. The largest absolute Gasteiger partial charge is 0.445 e. The fourth-order valence-electron chi connectivity index (χ4n) is 3.03. The smallest absolute Gasteiger partial charge is 0.408 e. The molecule has 1 heterocycles. The molecule has 1 N–H and O–H groups in total. The summed E-state index contributed by atoms with van der Waals surface area (Å²) in [5, 5.41) is 2.80. The van der Waals surface area contributed by atoms with E-state index in [4.69, 9.17) is 9.47 Å². The molecule has 0 unspecified atom stereocenters. The molecule has 2 atom stereocenters. The van der Waals surface area contributed by atoms with Crippen LogP contribution in [0.1, 0.15) is 31.9 Å². The Bertz CT molecular complexity index is 873. The highest BCUT2D eigenvalue weighted by atomic mass is 16.6. The van der Waals surface area contributed by atoms with Gasteiger partial charge in [0.05, 0.1) is 0 Å². The van der Waals surface area contributed by atoms with Crippen molar-refractivity contribution in [3.8, 4) is 0 Å². The van der Waals surface area contributed by atoms with Crippen LogP contribution in [0, 0.1) is 5.41 Å². The number of esters is 1. The Balaban J connectivity index is 1.67. The predicted molar refractivity (Wildman–Crippen MR) is 110 cm³/mol.